The summed E-state index contributed by atoms with van der Waals surface area (Å²) in [6, 6.07) is 2.06. The third-order valence-electron chi connectivity index (χ3n) is 3.30. The van der Waals surface area contributed by atoms with Gasteiger partial charge in [-0.2, -0.15) is 11.8 Å². The highest BCUT2D eigenvalue weighted by Gasteiger charge is 2.17. The van der Waals surface area contributed by atoms with E-state index in [-0.39, 0.29) is 6.10 Å². The van der Waals surface area contributed by atoms with Crippen LogP contribution in [0, 0.1) is 6.92 Å². The third kappa shape index (κ3) is 3.25. The van der Waals surface area contributed by atoms with Crippen molar-refractivity contribution in [1.82, 2.24) is 0 Å². The van der Waals surface area contributed by atoms with Gasteiger partial charge in [-0.05, 0) is 36.8 Å². The molecule has 1 aromatic heterocycles. The molecule has 1 heterocycles. The van der Waals surface area contributed by atoms with E-state index in [9.17, 15) is 5.11 Å². The van der Waals surface area contributed by atoms with Gasteiger partial charge in [-0.3, -0.25) is 0 Å². The summed E-state index contributed by atoms with van der Waals surface area (Å²) in [5.74, 6) is 0.863. The Hall–Kier alpha value is 0.01000. The average Bonchev–Trinajstić information content (AvgIpc) is 2.74. The second kappa shape index (κ2) is 6.08. The van der Waals surface area contributed by atoms with Crippen molar-refractivity contribution in [2.45, 2.75) is 50.4 Å². The molecule has 1 fully saturated rings. The second-order valence-electron chi connectivity index (χ2n) is 4.54. The number of aliphatic hydroxyl groups excluding tert-OH is 1. The number of hydrogen-bond acceptors (Lipinski definition) is 3. The molecule has 1 aromatic rings. The van der Waals surface area contributed by atoms with Crippen molar-refractivity contribution in [3.05, 3.63) is 21.9 Å². The van der Waals surface area contributed by atoms with Gasteiger partial charge in [0.25, 0.3) is 0 Å². The molecule has 0 amide bonds. The molecule has 0 aliphatic heterocycles. The monoisotopic (exact) mass is 256 g/mol. The number of thioether (sulfide) groups is 1. The molecular weight excluding hydrogens is 236 g/mol. The Morgan fingerprint density at radius 1 is 1.44 bits per heavy atom. The maximum absolute atomic E-state index is 10.1. The fourth-order valence-electron chi connectivity index (χ4n) is 2.29. The predicted octanol–water partition coefficient (Wildman–Crippen LogP) is 4.16. The van der Waals surface area contributed by atoms with E-state index < -0.39 is 0 Å². The molecule has 0 spiro atoms. The van der Waals surface area contributed by atoms with Gasteiger partial charge < -0.3 is 5.11 Å². The summed E-state index contributed by atoms with van der Waals surface area (Å²) in [5.41, 5.74) is 1.13. The molecule has 1 atom stereocenters. The lowest BCUT2D eigenvalue weighted by molar-refractivity contribution is 0.203. The van der Waals surface area contributed by atoms with Crippen LogP contribution in [0.5, 0.6) is 0 Å². The van der Waals surface area contributed by atoms with Crippen molar-refractivity contribution in [2.75, 3.05) is 5.75 Å². The third-order valence-corrected chi connectivity index (χ3v) is 5.61. The topological polar surface area (TPSA) is 20.2 Å². The van der Waals surface area contributed by atoms with Crippen LogP contribution in [0.15, 0.2) is 11.4 Å². The SMILES string of the molecule is Cc1sccc1C(O)CSC1CCCCC1. The van der Waals surface area contributed by atoms with E-state index in [0.29, 0.717) is 0 Å². The van der Waals surface area contributed by atoms with Crippen LogP contribution in [0.1, 0.15) is 48.6 Å². The summed E-state index contributed by atoms with van der Waals surface area (Å²) in [5, 5.41) is 13.0. The zero-order valence-electron chi connectivity index (χ0n) is 9.82. The molecule has 1 aliphatic rings. The van der Waals surface area contributed by atoms with Crippen LogP contribution in [0.2, 0.25) is 0 Å². The first-order valence-corrected chi connectivity index (χ1v) is 8.04. The molecule has 16 heavy (non-hydrogen) atoms. The summed E-state index contributed by atoms with van der Waals surface area (Å²) >= 11 is 3.69. The van der Waals surface area contributed by atoms with Gasteiger partial charge in [-0.1, -0.05) is 19.3 Å². The van der Waals surface area contributed by atoms with Gasteiger partial charge in [0.1, 0.15) is 0 Å². The molecule has 0 aromatic carbocycles. The molecule has 3 heteroatoms. The molecule has 0 saturated heterocycles. The summed E-state index contributed by atoms with van der Waals surface area (Å²) in [6.07, 6.45) is 6.60. The van der Waals surface area contributed by atoms with E-state index in [1.807, 2.05) is 11.8 Å². The predicted molar refractivity (Wildman–Crippen MR) is 73.3 cm³/mol. The average molecular weight is 256 g/mol. The zero-order valence-corrected chi connectivity index (χ0v) is 11.4. The molecular formula is C13H20OS2. The van der Waals surface area contributed by atoms with Crippen molar-refractivity contribution >= 4 is 23.1 Å². The maximum atomic E-state index is 10.1. The number of aryl methyl sites for hydroxylation is 1. The van der Waals surface area contributed by atoms with Gasteiger partial charge in [-0.15, -0.1) is 11.3 Å². The van der Waals surface area contributed by atoms with Gasteiger partial charge in [0.2, 0.25) is 0 Å². The van der Waals surface area contributed by atoms with Crippen LogP contribution in [0.25, 0.3) is 0 Å². The number of hydrogen-bond donors (Lipinski definition) is 1. The Morgan fingerprint density at radius 2 is 2.19 bits per heavy atom. The molecule has 2 rings (SSSR count). The van der Waals surface area contributed by atoms with Crippen LogP contribution in [0.4, 0.5) is 0 Å². The molecule has 1 aliphatic carbocycles. The highest BCUT2D eigenvalue weighted by Crippen LogP contribution is 2.32. The first-order chi connectivity index (χ1) is 7.77. The van der Waals surface area contributed by atoms with Crippen LogP contribution in [0.3, 0.4) is 0 Å². The Kier molecular flexibility index (Phi) is 4.74. The van der Waals surface area contributed by atoms with Crippen molar-refractivity contribution in [2.24, 2.45) is 0 Å². The van der Waals surface area contributed by atoms with Crippen LogP contribution in [-0.4, -0.2) is 16.1 Å². The van der Waals surface area contributed by atoms with Gasteiger partial charge >= 0.3 is 0 Å². The largest absolute Gasteiger partial charge is 0.388 e. The number of rotatable bonds is 4. The summed E-state index contributed by atoms with van der Waals surface area (Å²) in [7, 11) is 0. The molecule has 90 valence electrons. The van der Waals surface area contributed by atoms with Crippen molar-refractivity contribution in [3.63, 3.8) is 0 Å². The standard InChI is InChI=1S/C13H20OS2/c1-10-12(7-8-15-10)13(14)9-16-11-5-3-2-4-6-11/h7-8,11,13-14H,2-6,9H2,1H3. The normalized spacial score (nSPS) is 19.9. The van der Waals surface area contributed by atoms with Gasteiger partial charge in [0.05, 0.1) is 6.10 Å². The molecule has 1 nitrogen and oxygen atoms in total. The molecule has 1 N–H and O–H groups in total. The van der Waals surface area contributed by atoms with E-state index >= 15 is 0 Å². The first kappa shape index (κ1) is 12.5. The Bertz CT molecular complexity index is 315. The van der Waals surface area contributed by atoms with Crippen molar-refractivity contribution in [3.8, 4) is 0 Å². The summed E-state index contributed by atoms with van der Waals surface area (Å²) in [4.78, 5) is 1.26. The molecule has 0 bridgehead atoms. The quantitative estimate of drug-likeness (QED) is 0.873. The first-order valence-electron chi connectivity index (χ1n) is 6.11. The Balaban J connectivity index is 1.79. The minimum atomic E-state index is -0.266. The summed E-state index contributed by atoms with van der Waals surface area (Å²) < 4.78 is 0. The van der Waals surface area contributed by atoms with E-state index in [0.717, 1.165) is 16.6 Å². The van der Waals surface area contributed by atoms with E-state index in [2.05, 4.69) is 18.4 Å². The van der Waals surface area contributed by atoms with Crippen LogP contribution >= 0.6 is 23.1 Å². The highest BCUT2D eigenvalue weighted by atomic mass is 32.2. The fourth-order valence-corrected chi connectivity index (χ4v) is 4.35. The van der Waals surface area contributed by atoms with Gasteiger partial charge in [0, 0.05) is 15.9 Å². The van der Waals surface area contributed by atoms with Gasteiger partial charge in [0.15, 0.2) is 0 Å². The Morgan fingerprint density at radius 3 is 2.81 bits per heavy atom. The van der Waals surface area contributed by atoms with E-state index in [4.69, 9.17) is 0 Å². The lowest BCUT2D eigenvalue weighted by Crippen LogP contribution is -2.11. The van der Waals surface area contributed by atoms with Gasteiger partial charge in [-0.25, -0.2) is 0 Å². The highest BCUT2D eigenvalue weighted by molar-refractivity contribution is 7.99. The van der Waals surface area contributed by atoms with Crippen molar-refractivity contribution in [1.29, 1.82) is 0 Å². The lowest BCUT2D eigenvalue weighted by Gasteiger charge is -2.22. The van der Waals surface area contributed by atoms with E-state index in [1.54, 1.807) is 11.3 Å². The molecule has 0 radical (unpaired) electrons. The second-order valence-corrected chi connectivity index (χ2v) is 6.99. The smallest absolute Gasteiger partial charge is 0.0891 e. The number of thiophene rings is 1. The molecule has 1 unspecified atom stereocenters. The maximum Gasteiger partial charge on any atom is 0.0891 e. The van der Waals surface area contributed by atoms with Crippen molar-refractivity contribution < 1.29 is 5.11 Å². The minimum Gasteiger partial charge on any atom is -0.388 e. The number of aliphatic hydroxyl groups is 1. The summed E-state index contributed by atoms with van der Waals surface area (Å²) in [6.45, 7) is 2.09. The zero-order chi connectivity index (χ0) is 11.4. The minimum absolute atomic E-state index is 0.266. The Labute approximate surface area is 106 Å². The van der Waals surface area contributed by atoms with Crippen LogP contribution < -0.4 is 0 Å². The van der Waals surface area contributed by atoms with E-state index in [1.165, 1.54) is 37.0 Å². The molecule has 1 saturated carbocycles. The van der Waals surface area contributed by atoms with Crippen LogP contribution in [-0.2, 0) is 0 Å². The lowest BCUT2D eigenvalue weighted by atomic mass is 10.0. The fraction of sp³-hybridized carbons (Fsp3) is 0.692.